The predicted octanol–water partition coefficient (Wildman–Crippen LogP) is 2.47. The summed E-state index contributed by atoms with van der Waals surface area (Å²) in [6, 6.07) is 0. The van der Waals surface area contributed by atoms with Gasteiger partial charge in [0, 0.05) is 23.3 Å². The van der Waals surface area contributed by atoms with Crippen LogP contribution >= 0.6 is 11.5 Å². The van der Waals surface area contributed by atoms with Crippen LogP contribution in [0, 0.1) is 13.8 Å². The molecule has 80 valence electrons. The number of rotatable bonds is 1. The van der Waals surface area contributed by atoms with Crippen molar-refractivity contribution in [2.75, 3.05) is 0 Å². The fourth-order valence-electron chi connectivity index (χ4n) is 1.76. The minimum Gasteiger partial charge on any atom is -0.303 e. The molecule has 0 aliphatic rings. The lowest BCUT2D eigenvalue weighted by molar-refractivity contribution is 1.07. The summed E-state index contributed by atoms with van der Waals surface area (Å²) >= 11 is 1.43. The molecule has 4 nitrogen and oxygen atoms in total. The molecule has 3 aromatic heterocycles. The van der Waals surface area contributed by atoms with Crippen LogP contribution < -0.4 is 0 Å². The van der Waals surface area contributed by atoms with Gasteiger partial charge in [-0.2, -0.15) is 0 Å². The van der Waals surface area contributed by atoms with E-state index in [9.17, 15) is 0 Å². The fraction of sp³-hybridized carbons (Fsp3) is 0.182. The van der Waals surface area contributed by atoms with Crippen molar-refractivity contribution in [1.29, 1.82) is 0 Å². The van der Waals surface area contributed by atoms with Gasteiger partial charge in [-0.15, -0.1) is 0 Å². The maximum Gasteiger partial charge on any atom is 0.163 e. The first-order valence-electron chi connectivity index (χ1n) is 4.97. The zero-order valence-corrected chi connectivity index (χ0v) is 9.82. The molecule has 0 N–H and O–H groups in total. The Morgan fingerprint density at radius 3 is 2.56 bits per heavy atom. The van der Waals surface area contributed by atoms with Gasteiger partial charge in [0.2, 0.25) is 0 Å². The SMILES string of the molecule is Cc1cn2cc(C)nc2c(-c2cnsc2)n1. The zero-order valence-electron chi connectivity index (χ0n) is 9.01. The standard InChI is InChI=1S/C11H10N4S/c1-7-4-15-5-8(2)14-11(15)10(13-7)9-3-12-16-6-9/h3-6H,1-2H3. The second-order valence-electron chi connectivity index (χ2n) is 3.76. The zero-order chi connectivity index (χ0) is 11.1. The van der Waals surface area contributed by atoms with Gasteiger partial charge in [-0.1, -0.05) is 0 Å². The van der Waals surface area contributed by atoms with Gasteiger partial charge in [-0.05, 0) is 25.4 Å². The van der Waals surface area contributed by atoms with E-state index in [2.05, 4.69) is 14.3 Å². The Hall–Kier alpha value is -1.75. The van der Waals surface area contributed by atoms with Gasteiger partial charge < -0.3 is 4.40 Å². The average molecular weight is 230 g/mol. The van der Waals surface area contributed by atoms with E-state index in [-0.39, 0.29) is 0 Å². The third-order valence-electron chi connectivity index (χ3n) is 2.38. The molecule has 0 aliphatic carbocycles. The van der Waals surface area contributed by atoms with Gasteiger partial charge in [-0.3, -0.25) is 0 Å². The van der Waals surface area contributed by atoms with E-state index in [0.717, 1.165) is 28.3 Å². The summed E-state index contributed by atoms with van der Waals surface area (Å²) in [4.78, 5) is 9.03. The molecule has 0 saturated heterocycles. The first kappa shape index (κ1) is 9.47. The van der Waals surface area contributed by atoms with Crippen LogP contribution in [0.15, 0.2) is 24.0 Å². The monoisotopic (exact) mass is 230 g/mol. The van der Waals surface area contributed by atoms with Crippen molar-refractivity contribution in [1.82, 2.24) is 18.7 Å². The van der Waals surface area contributed by atoms with E-state index >= 15 is 0 Å². The molecule has 0 atom stereocenters. The van der Waals surface area contributed by atoms with Crippen LogP contribution in [0.25, 0.3) is 16.9 Å². The number of aromatic nitrogens is 4. The minimum atomic E-state index is 0.892. The molecule has 5 heteroatoms. The number of nitrogens with zero attached hydrogens (tertiary/aromatic N) is 4. The van der Waals surface area contributed by atoms with Crippen LogP contribution in [0.5, 0.6) is 0 Å². The first-order chi connectivity index (χ1) is 7.74. The van der Waals surface area contributed by atoms with Crippen molar-refractivity contribution in [2.45, 2.75) is 13.8 Å². The maximum absolute atomic E-state index is 4.54. The summed E-state index contributed by atoms with van der Waals surface area (Å²) in [5.74, 6) is 0. The highest BCUT2D eigenvalue weighted by Gasteiger charge is 2.10. The van der Waals surface area contributed by atoms with Crippen molar-refractivity contribution in [3.63, 3.8) is 0 Å². The van der Waals surface area contributed by atoms with Crippen LogP contribution in [0.3, 0.4) is 0 Å². The van der Waals surface area contributed by atoms with Crippen molar-refractivity contribution >= 4 is 17.2 Å². The van der Waals surface area contributed by atoms with Gasteiger partial charge in [0.15, 0.2) is 5.65 Å². The van der Waals surface area contributed by atoms with Crippen molar-refractivity contribution in [3.8, 4) is 11.3 Å². The molecule has 0 bridgehead atoms. The van der Waals surface area contributed by atoms with Crippen LogP contribution in [-0.2, 0) is 0 Å². The van der Waals surface area contributed by atoms with Gasteiger partial charge in [0.25, 0.3) is 0 Å². The van der Waals surface area contributed by atoms with Crippen LogP contribution in [0.2, 0.25) is 0 Å². The number of aryl methyl sites for hydroxylation is 2. The summed E-state index contributed by atoms with van der Waals surface area (Å²) in [7, 11) is 0. The van der Waals surface area contributed by atoms with Crippen LogP contribution in [-0.4, -0.2) is 18.7 Å². The van der Waals surface area contributed by atoms with Gasteiger partial charge in [0.1, 0.15) is 5.69 Å². The Morgan fingerprint density at radius 1 is 1.12 bits per heavy atom. The highest BCUT2D eigenvalue weighted by molar-refractivity contribution is 7.03. The topological polar surface area (TPSA) is 43.1 Å². The summed E-state index contributed by atoms with van der Waals surface area (Å²) in [5, 5.41) is 1.99. The summed E-state index contributed by atoms with van der Waals surface area (Å²) in [6.45, 7) is 3.97. The third kappa shape index (κ3) is 1.40. The highest BCUT2D eigenvalue weighted by atomic mass is 32.1. The second kappa shape index (κ2) is 3.38. The van der Waals surface area contributed by atoms with E-state index in [1.165, 1.54) is 11.5 Å². The molecule has 0 amide bonds. The average Bonchev–Trinajstić information content (AvgIpc) is 2.83. The van der Waals surface area contributed by atoms with Gasteiger partial charge in [-0.25, -0.2) is 14.3 Å². The lowest BCUT2D eigenvalue weighted by Crippen LogP contribution is -1.94. The molecule has 0 spiro atoms. The lowest BCUT2D eigenvalue weighted by atomic mass is 10.2. The van der Waals surface area contributed by atoms with E-state index in [0.29, 0.717) is 0 Å². The Labute approximate surface area is 96.8 Å². The molecule has 0 radical (unpaired) electrons. The van der Waals surface area contributed by atoms with E-state index in [1.807, 2.05) is 42.2 Å². The smallest absolute Gasteiger partial charge is 0.163 e. The summed E-state index contributed by atoms with van der Waals surface area (Å²) in [5.41, 5.74) is 4.80. The molecule has 0 aliphatic heterocycles. The van der Waals surface area contributed by atoms with Crippen LogP contribution in [0.4, 0.5) is 0 Å². The van der Waals surface area contributed by atoms with E-state index < -0.39 is 0 Å². The Bertz CT molecular complexity index is 639. The molecule has 3 heterocycles. The fourth-order valence-corrected chi connectivity index (χ4v) is 2.28. The van der Waals surface area contributed by atoms with Crippen LogP contribution in [0.1, 0.15) is 11.4 Å². The molecule has 0 unspecified atom stereocenters. The third-order valence-corrected chi connectivity index (χ3v) is 2.97. The second-order valence-corrected chi connectivity index (χ2v) is 4.41. The maximum atomic E-state index is 4.54. The molecule has 3 aromatic rings. The quantitative estimate of drug-likeness (QED) is 0.645. The lowest BCUT2D eigenvalue weighted by Gasteiger charge is -2.01. The molecule has 16 heavy (non-hydrogen) atoms. The van der Waals surface area contributed by atoms with Gasteiger partial charge >= 0.3 is 0 Å². The normalized spacial score (nSPS) is 11.1. The van der Waals surface area contributed by atoms with Crippen molar-refractivity contribution in [3.05, 3.63) is 35.4 Å². The number of hydrogen-bond acceptors (Lipinski definition) is 4. The van der Waals surface area contributed by atoms with Crippen molar-refractivity contribution < 1.29 is 0 Å². The molecular formula is C11H10N4S. The first-order valence-corrected chi connectivity index (χ1v) is 5.80. The molecule has 0 aromatic carbocycles. The predicted molar refractivity (Wildman–Crippen MR) is 63.6 cm³/mol. The summed E-state index contributed by atoms with van der Waals surface area (Å²) in [6.07, 6.45) is 5.82. The van der Waals surface area contributed by atoms with Crippen molar-refractivity contribution in [2.24, 2.45) is 0 Å². The van der Waals surface area contributed by atoms with Gasteiger partial charge in [0.05, 0.1) is 17.6 Å². The minimum absolute atomic E-state index is 0.892. The number of imidazole rings is 1. The molecular weight excluding hydrogens is 220 g/mol. The van der Waals surface area contributed by atoms with E-state index in [1.54, 1.807) is 0 Å². The molecule has 3 rings (SSSR count). The number of hydrogen-bond donors (Lipinski definition) is 0. The Morgan fingerprint density at radius 2 is 1.88 bits per heavy atom. The largest absolute Gasteiger partial charge is 0.303 e. The molecule has 0 fully saturated rings. The highest BCUT2D eigenvalue weighted by Crippen LogP contribution is 2.23. The Balaban J connectivity index is 2.38. The summed E-state index contributed by atoms with van der Waals surface area (Å²) < 4.78 is 6.12. The number of fused-ring (bicyclic) bond motifs is 1. The van der Waals surface area contributed by atoms with E-state index in [4.69, 9.17) is 0 Å². The molecule has 0 saturated carbocycles. The Kier molecular flexibility index (Phi) is 2.00.